The van der Waals surface area contributed by atoms with Crippen molar-refractivity contribution in [3.63, 3.8) is 0 Å². The largest absolute Gasteiger partial charge is 0.486 e. The molecule has 1 N–H and O–H groups in total. The number of fused-ring (bicyclic) bond motifs is 1. The summed E-state index contributed by atoms with van der Waals surface area (Å²) in [5.41, 5.74) is 0. The number of carboxylic acids is 1. The molecule has 0 aliphatic carbocycles. The molecule has 2 heterocycles. The Morgan fingerprint density at radius 2 is 1.95 bits per heavy atom. The molecular weight excluding hydrogens is 280 g/mol. The minimum atomic E-state index is -1.06. The van der Waals surface area contributed by atoms with Crippen molar-refractivity contribution < 1.29 is 23.8 Å². The van der Waals surface area contributed by atoms with E-state index in [2.05, 4.69) is 0 Å². The van der Waals surface area contributed by atoms with Crippen molar-refractivity contribution in [1.82, 2.24) is 0 Å². The van der Waals surface area contributed by atoms with Gasteiger partial charge >= 0.3 is 5.97 Å². The van der Waals surface area contributed by atoms with Gasteiger partial charge in [0.25, 0.3) is 0 Å². The van der Waals surface area contributed by atoms with Gasteiger partial charge in [0.1, 0.15) is 19.0 Å². The van der Waals surface area contributed by atoms with E-state index < -0.39 is 5.97 Å². The van der Waals surface area contributed by atoms with Crippen LogP contribution in [-0.2, 0) is 5.75 Å². The Kier molecular flexibility index (Phi) is 3.56. The van der Waals surface area contributed by atoms with Gasteiger partial charge in [0, 0.05) is 4.90 Å². The first-order valence-electron chi connectivity index (χ1n) is 6.07. The van der Waals surface area contributed by atoms with Gasteiger partial charge in [-0.1, -0.05) is 0 Å². The van der Waals surface area contributed by atoms with E-state index in [1.54, 1.807) is 17.8 Å². The Labute approximate surface area is 119 Å². The number of carbonyl (C=O) groups is 1. The number of ether oxygens (including phenoxy) is 2. The van der Waals surface area contributed by atoms with Crippen LogP contribution in [0.15, 0.2) is 39.6 Å². The SMILES string of the molecule is O=C(O)c1ccc(CSc2ccc3c(c2)OCCO3)o1. The van der Waals surface area contributed by atoms with Gasteiger partial charge in [-0.05, 0) is 30.3 Å². The zero-order valence-electron chi connectivity index (χ0n) is 10.5. The van der Waals surface area contributed by atoms with Gasteiger partial charge in [-0.15, -0.1) is 11.8 Å². The first-order chi connectivity index (χ1) is 9.72. The number of rotatable bonds is 4. The van der Waals surface area contributed by atoms with Crippen molar-refractivity contribution in [3.8, 4) is 11.5 Å². The lowest BCUT2D eigenvalue weighted by Gasteiger charge is -2.18. The van der Waals surface area contributed by atoms with Gasteiger partial charge in [0.05, 0.1) is 5.75 Å². The smallest absolute Gasteiger partial charge is 0.371 e. The van der Waals surface area contributed by atoms with Crippen LogP contribution in [0, 0.1) is 0 Å². The van der Waals surface area contributed by atoms with Crippen LogP contribution >= 0.6 is 11.8 Å². The Hall–Kier alpha value is -2.08. The molecule has 2 aromatic rings. The molecule has 1 aromatic heterocycles. The number of furan rings is 1. The van der Waals surface area contributed by atoms with Crippen molar-refractivity contribution in [2.45, 2.75) is 10.6 Å². The first kappa shape index (κ1) is 12.9. The zero-order valence-corrected chi connectivity index (χ0v) is 11.3. The lowest BCUT2D eigenvalue weighted by Crippen LogP contribution is -2.15. The highest BCUT2D eigenvalue weighted by Gasteiger charge is 2.13. The minimum Gasteiger partial charge on any atom is -0.486 e. The number of carboxylic acid groups (broad SMARTS) is 1. The summed E-state index contributed by atoms with van der Waals surface area (Å²) in [7, 11) is 0. The highest BCUT2D eigenvalue weighted by atomic mass is 32.2. The highest BCUT2D eigenvalue weighted by molar-refractivity contribution is 7.98. The Balaban J connectivity index is 1.67. The third-order valence-electron chi connectivity index (χ3n) is 2.77. The molecule has 1 aromatic carbocycles. The number of benzene rings is 1. The quantitative estimate of drug-likeness (QED) is 0.873. The molecule has 20 heavy (non-hydrogen) atoms. The van der Waals surface area contributed by atoms with Gasteiger partial charge < -0.3 is 19.0 Å². The van der Waals surface area contributed by atoms with Crippen molar-refractivity contribution in [1.29, 1.82) is 0 Å². The molecular formula is C14H12O5S. The highest BCUT2D eigenvalue weighted by Crippen LogP contribution is 2.35. The van der Waals surface area contributed by atoms with Crippen LogP contribution in [0.2, 0.25) is 0 Å². The van der Waals surface area contributed by atoms with E-state index in [9.17, 15) is 4.79 Å². The zero-order chi connectivity index (χ0) is 13.9. The van der Waals surface area contributed by atoms with Crippen LogP contribution in [0.25, 0.3) is 0 Å². The molecule has 3 rings (SSSR count). The van der Waals surface area contributed by atoms with E-state index in [0.29, 0.717) is 24.7 Å². The van der Waals surface area contributed by atoms with Crippen molar-refractivity contribution in [2.75, 3.05) is 13.2 Å². The number of hydrogen-bond donors (Lipinski definition) is 1. The Bertz CT molecular complexity index is 634. The third kappa shape index (κ3) is 2.75. The molecule has 5 nitrogen and oxygen atoms in total. The van der Waals surface area contributed by atoms with Crippen LogP contribution in [-0.4, -0.2) is 24.3 Å². The molecule has 0 atom stereocenters. The average Bonchev–Trinajstić information content (AvgIpc) is 2.94. The molecule has 104 valence electrons. The van der Waals surface area contributed by atoms with Crippen LogP contribution in [0.1, 0.15) is 16.3 Å². The number of thioether (sulfide) groups is 1. The Morgan fingerprint density at radius 3 is 2.70 bits per heavy atom. The standard InChI is InChI=1S/C14H12O5S/c15-14(16)12-3-1-9(19-12)8-20-10-2-4-11-13(7-10)18-6-5-17-11/h1-4,7H,5-6,8H2,(H,15,16). The number of aromatic carboxylic acids is 1. The lowest BCUT2D eigenvalue weighted by atomic mass is 10.3. The van der Waals surface area contributed by atoms with E-state index in [1.165, 1.54) is 6.07 Å². The molecule has 0 saturated carbocycles. The van der Waals surface area contributed by atoms with Crippen molar-refractivity contribution >= 4 is 17.7 Å². The van der Waals surface area contributed by atoms with Crippen molar-refractivity contribution in [3.05, 3.63) is 41.9 Å². The second-order valence-corrected chi connectivity index (χ2v) is 5.21. The fraction of sp³-hybridized carbons (Fsp3) is 0.214. The molecule has 1 aliphatic heterocycles. The molecule has 0 saturated heterocycles. The predicted molar refractivity (Wildman–Crippen MR) is 72.7 cm³/mol. The fourth-order valence-corrected chi connectivity index (χ4v) is 2.66. The first-order valence-corrected chi connectivity index (χ1v) is 7.05. The number of hydrogen-bond acceptors (Lipinski definition) is 5. The molecule has 0 fully saturated rings. The summed E-state index contributed by atoms with van der Waals surface area (Å²) in [6.45, 7) is 1.13. The summed E-state index contributed by atoms with van der Waals surface area (Å²) < 4.78 is 16.2. The summed E-state index contributed by atoms with van der Waals surface area (Å²) in [6.07, 6.45) is 0. The summed E-state index contributed by atoms with van der Waals surface area (Å²) in [5.74, 6) is 1.59. The van der Waals surface area contributed by atoms with E-state index in [4.69, 9.17) is 19.0 Å². The Morgan fingerprint density at radius 1 is 1.15 bits per heavy atom. The van der Waals surface area contributed by atoms with E-state index in [1.807, 2.05) is 18.2 Å². The van der Waals surface area contributed by atoms with Gasteiger partial charge in [0.2, 0.25) is 5.76 Å². The molecule has 0 radical (unpaired) electrons. The van der Waals surface area contributed by atoms with Gasteiger partial charge in [-0.2, -0.15) is 0 Å². The van der Waals surface area contributed by atoms with Crippen LogP contribution in [0.4, 0.5) is 0 Å². The predicted octanol–water partition coefficient (Wildman–Crippen LogP) is 3.04. The minimum absolute atomic E-state index is 0.0391. The van der Waals surface area contributed by atoms with Crippen LogP contribution in [0.5, 0.6) is 11.5 Å². The van der Waals surface area contributed by atoms with Gasteiger partial charge in [-0.25, -0.2) is 4.79 Å². The second-order valence-electron chi connectivity index (χ2n) is 4.17. The van der Waals surface area contributed by atoms with Gasteiger partial charge in [0.15, 0.2) is 11.5 Å². The topological polar surface area (TPSA) is 68.9 Å². The van der Waals surface area contributed by atoms with E-state index >= 15 is 0 Å². The maximum atomic E-state index is 10.7. The van der Waals surface area contributed by atoms with Gasteiger partial charge in [-0.3, -0.25) is 0 Å². The maximum Gasteiger partial charge on any atom is 0.371 e. The molecule has 0 spiro atoms. The molecule has 6 heteroatoms. The van der Waals surface area contributed by atoms with Crippen molar-refractivity contribution in [2.24, 2.45) is 0 Å². The average molecular weight is 292 g/mol. The maximum absolute atomic E-state index is 10.7. The second kappa shape index (κ2) is 5.50. The summed E-state index contributed by atoms with van der Waals surface area (Å²) in [6, 6.07) is 8.87. The summed E-state index contributed by atoms with van der Waals surface area (Å²) in [5, 5.41) is 8.78. The molecule has 0 bridgehead atoms. The summed E-state index contributed by atoms with van der Waals surface area (Å²) in [4.78, 5) is 11.7. The van der Waals surface area contributed by atoms with E-state index in [0.717, 1.165) is 16.4 Å². The summed E-state index contributed by atoms with van der Waals surface area (Å²) >= 11 is 1.55. The molecule has 0 amide bonds. The normalized spacial score (nSPS) is 13.2. The van der Waals surface area contributed by atoms with Crippen LogP contribution in [0.3, 0.4) is 0 Å². The third-order valence-corrected chi connectivity index (χ3v) is 3.78. The monoisotopic (exact) mass is 292 g/mol. The lowest BCUT2D eigenvalue weighted by molar-refractivity contribution is 0.0661. The van der Waals surface area contributed by atoms with E-state index in [-0.39, 0.29) is 5.76 Å². The fourth-order valence-electron chi connectivity index (χ4n) is 1.84. The molecule has 1 aliphatic rings. The molecule has 0 unspecified atom stereocenters. The van der Waals surface area contributed by atoms with Crippen LogP contribution < -0.4 is 9.47 Å².